The van der Waals surface area contributed by atoms with Crippen molar-refractivity contribution in [1.82, 2.24) is 16.0 Å². The van der Waals surface area contributed by atoms with Gasteiger partial charge in [-0.15, -0.1) is 0 Å². The number of aliphatic carboxylic acids is 1. The van der Waals surface area contributed by atoms with Crippen molar-refractivity contribution >= 4 is 41.5 Å². The topological polar surface area (TPSA) is 301 Å². The first-order valence-corrected chi connectivity index (χ1v) is 12.4. The van der Waals surface area contributed by atoms with E-state index < -0.39 is 66.1 Å². The maximum atomic E-state index is 13.2. The summed E-state index contributed by atoms with van der Waals surface area (Å²) >= 11 is 0. The fourth-order valence-corrected chi connectivity index (χ4v) is 3.51. The normalized spacial score (nSPS) is 13.5. The SMILES string of the molecule is NC(=O)CCC(NC(=O)C(CCCN=C(N)N)NC(=O)C(N)Cc1ccccc1)C(=O)NC(CC(N)=O)C(=O)O. The van der Waals surface area contributed by atoms with Gasteiger partial charge in [0.2, 0.25) is 29.5 Å². The van der Waals surface area contributed by atoms with Crippen LogP contribution in [0.1, 0.15) is 37.7 Å². The van der Waals surface area contributed by atoms with Gasteiger partial charge in [-0.1, -0.05) is 30.3 Å². The first-order chi connectivity index (χ1) is 18.8. The molecule has 0 aliphatic heterocycles. The number of carbonyl (C=O) groups excluding carboxylic acids is 5. The summed E-state index contributed by atoms with van der Waals surface area (Å²) < 4.78 is 0. The van der Waals surface area contributed by atoms with Crippen molar-refractivity contribution in [3.63, 3.8) is 0 Å². The number of guanidine groups is 1. The summed E-state index contributed by atoms with van der Waals surface area (Å²) in [5, 5.41) is 16.4. The molecule has 220 valence electrons. The van der Waals surface area contributed by atoms with Crippen LogP contribution in [0.25, 0.3) is 0 Å². The molecule has 0 saturated carbocycles. The molecule has 4 unspecified atom stereocenters. The molecule has 16 heteroatoms. The smallest absolute Gasteiger partial charge is 0.326 e. The molecule has 0 saturated heterocycles. The Bertz CT molecular complexity index is 1080. The summed E-state index contributed by atoms with van der Waals surface area (Å²) in [4.78, 5) is 76.7. The molecule has 1 aromatic rings. The van der Waals surface area contributed by atoms with E-state index in [0.29, 0.717) is 0 Å². The highest BCUT2D eigenvalue weighted by atomic mass is 16.4. The van der Waals surface area contributed by atoms with E-state index in [-0.39, 0.29) is 44.6 Å². The van der Waals surface area contributed by atoms with Crippen molar-refractivity contribution in [3.8, 4) is 0 Å². The van der Waals surface area contributed by atoms with E-state index in [9.17, 15) is 33.9 Å². The minimum absolute atomic E-state index is 0.0377. The second-order valence-corrected chi connectivity index (χ2v) is 8.94. The molecular formula is C24H37N9O7. The van der Waals surface area contributed by atoms with E-state index in [1.807, 2.05) is 6.07 Å². The first-order valence-electron chi connectivity index (χ1n) is 12.4. The third-order valence-corrected chi connectivity index (χ3v) is 5.55. The monoisotopic (exact) mass is 563 g/mol. The highest BCUT2D eigenvalue weighted by Gasteiger charge is 2.31. The summed E-state index contributed by atoms with van der Waals surface area (Å²) in [5.41, 5.74) is 27.7. The van der Waals surface area contributed by atoms with E-state index in [0.717, 1.165) is 5.56 Å². The number of carboxylic acids is 1. The zero-order valence-electron chi connectivity index (χ0n) is 21.9. The lowest BCUT2D eigenvalue weighted by atomic mass is 10.0. The number of hydrogen-bond acceptors (Lipinski definition) is 8. The van der Waals surface area contributed by atoms with Gasteiger partial charge in [0.1, 0.15) is 18.1 Å². The third kappa shape index (κ3) is 13.2. The van der Waals surface area contributed by atoms with Crippen molar-refractivity contribution in [2.45, 2.75) is 62.7 Å². The Morgan fingerprint density at radius 3 is 1.85 bits per heavy atom. The van der Waals surface area contributed by atoms with Crippen molar-refractivity contribution in [3.05, 3.63) is 35.9 Å². The Balaban J connectivity index is 3.07. The number of rotatable bonds is 18. The number of amides is 5. The third-order valence-electron chi connectivity index (χ3n) is 5.55. The second-order valence-electron chi connectivity index (χ2n) is 8.94. The zero-order chi connectivity index (χ0) is 30.2. The van der Waals surface area contributed by atoms with Gasteiger partial charge in [-0.05, 0) is 31.2 Å². The highest BCUT2D eigenvalue weighted by molar-refractivity contribution is 5.95. The average molecular weight is 564 g/mol. The van der Waals surface area contributed by atoms with Crippen LogP contribution in [0.3, 0.4) is 0 Å². The molecule has 0 heterocycles. The number of aliphatic imine (C=N–C) groups is 1. The Labute approximate surface area is 230 Å². The summed E-state index contributed by atoms with van der Waals surface area (Å²) in [6.45, 7) is 0.136. The Morgan fingerprint density at radius 1 is 0.775 bits per heavy atom. The van der Waals surface area contributed by atoms with E-state index in [1.54, 1.807) is 24.3 Å². The van der Waals surface area contributed by atoms with Crippen LogP contribution in [0.5, 0.6) is 0 Å². The maximum absolute atomic E-state index is 13.2. The molecule has 0 fully saturated rings. The molecule has 0 bridgehead atoms. The van der Waals surface area contributed by atoms with E-state index in [2.05, 4.69) is 20.9 Å². The molecular weight excluding hydrogens is 526 g/mol. The van der Waals surface area contributed by atoms with Gasteiger partial charge in [0.15, 0.2) is 5.96 Å². The molecule has 5 amide bonds. The zero-order valence-corrected chi connectivity index (χ0v) is 21.9. The number of hydrogen-bond donors (Lipinski definition) is 9. The van der Waals surface area contributed by atoms with Gasteiger partial charge in [-0.3, -0.25) is 29.0 Å². The van der Waals surface area contributed by atoms with Crippen LogP contribution >= 0.6 is 0 Å². The first kappa shape index (κ1) is 33.3. The van der Waals surface area contributed by atoms with Crippen LogP contribution in [0.4, 0.5) is 0 Å². The minimum atomic E-state index is -1.68. The van der Waals surface area contributed by atoms with Gasteiger partial charge >= 0.3 is 5.97 Å². The number of carbonyl (C=O) groups is 6. The number of nitrogens with two attached hydrogens (primary N) is 5. The predicted molar refractivity (Wildman–Crippen MR) is 144 cm³/mol. The van der Waals surface area contributed by atoms with Gasteiger partial charge in [-0.25, -0.2) is 4.79 Å². The molecule has 0 aromatic heterocycles. The molecule has 0 aliphatic carbocycles. The molecule has 0 radical (unpaired) electrons. The van der Waals surface area contributed by atoms with Gasteiger partial charge in [0.05, 0.1) is 12.5 Å². The van der Waals surface area contributed by atoms with Gasteiger partial charge in [0.25, 0.3) is 0 Å². The van der Waals surface area contributed by atoms with E-state index >= 15 is 0 Å². The number of carboxylic acid groups (broad SMARTS) is 1. The second kappa shape index (κ2) is 17.0. The van der Waals surface area contributed by atoms with Crippen molar-refractivity contribution < 1.29 is 33.9 Å². The minimum Gasteiger partial charge on any atom is -0.480 e. The predicted octanol–water partition coefficient (Wildman–Crippen LogP) is -3.71. The number of benzene rings is 1. The summed E-state index contributed by atoms with van der Waals surface area (Å²) in [7, 11) is 0. The largest absolute Gasteiger partial charge is 0.480 e. The lowest BCUT2D eigenvalue weighted by molar-refractivity contribution is -0.144. The van der Waals surface area contributed by atoms with Crippen LogP contribution in [0, 0.1) is 0 Å². The number of nitrogens with zero attached hydrogens (tertiary/aromatic N) is 1. The van der Waals surface area contributed by atoms with Crippen molar-refractivity contribution in [1.29, 1.82) is 0 Å². The molecule has 14 N–H and O–H groups in total. The maximum Gasteiger partial charge on any atom is 0.326 e. The average Bonchev–Trinajstić information content (AvgIpc) is 2.87. The van der Waals surface area contributed by atoms with Gasteiger partial charge < -0.3 is 49.7 Å². The van der Waals surface area contributed by atoms with Crippen LogP contribution in [-0.2, 0) is 35.2 Å². The lowest BCUT2D eigenvalue weighted by Crippen LogP contribution is -2.57. The molecule has 4 atom stereocenters. The number of nitrogens with one attached hydrogen (secondary N) is 3. The molecule has 16 nitrogen and oxygen atoms in total. The van der Waals surface area contributed by atoms with Crippen LogP contribution in [0.2, 0.25) is 0 Å². The van der Waals surface area contributed by atoms with Crippen molar-refractivity contribution in [2.75, 3.05) is 6.54 Å². The fraction of sp³-hybridized carbons (Fsp3) is 0.458. The summed E-state index contributed by atoms with van der Waals surface area (Å²) in [6, 6.07) is 3.64. The molecule has 1 rings (SSSR count). The van der Waals surface area contributed by atoms with Crippen LogP contribution in [-0.4, -0.2) is 77.3 Å². The molecule has 40 heavy (non-hydrogen) atoms. The van der Waals surface area contributed by atoms with E-state index in [1.165, 1.54) is 0 Å². The van der Waals surface area contributed by atoms with Crippen LogP contribution < -0.4 is 44.6 Å². The molecule has 1 aromatic carbocycles. The van der Waals surface area contributed by atoms with Gasteiger partial charge in [0, 0.05) is 13.0 Å². The number of primary amides is 2. The van der Waals surface area contributed by atoms with Crippen LogP contribution in [0.15, 0.2) is 35.3 Å². The summed E-state index contributed by atoms with van der Waals surface area (Å²) in [6.07, 6.45) is -0.860. The standard InChI is InChI=1S/C24H37N9O7/c25-14(11-13-5-2-1-3-6-13)20(36)31-15(7-4-10-30-24(28)29)21(37)32-16(8-9-18(26)34)22(38)33-17(23(39)40)12-19(27)35/h1-3,5-6,14-17H,4,7-12,25H2,(H2,26,34)(H2,27,35)(H,31,36)(H,32,37)(H,33,38)(H,39,40)(H4,28,29,30). The molecule has 0 spiro atoms. The summed E-state index contributed by atoms with van der Waals surface area (Å²) in [5.74, 6) is -5.94. The fourth-order valence-electron chi connectivity index (χ4n) is 3.51. The Hall–Kier alpha value is -4.73. The molecule has 0 aliphatic rings. The Morgan fingerprint density at radius 2 is 1.32 bits per heavy atom. The van der Waals surface area contributed by atoms with Crippen molar-refractivity contribution in [2.24, 2.45) is 33.7 Å². The van der Waals surface area contributed by atoms with Gasteiger partial charge in [-0.2, -0.15) is 0 Å². The Kier molecular flexibility index (Phi) is 14.1. The lowest BCUT2D eigenvalue weighted by Gasteiger charge is -2.25. The van der Waals surface area contributed by atoms with E-state index in [4.69, 9.17) is 28.7 Å². The quantitative estimate of drug-likeness (QED) is 0.0478. The highest BCUT2D eigenvalue weighted by Crippen LogP contribution is 2.06.